The van der Waals surface area contributed by atoms with Gasteiger partial charge in [-0.3, -0.25) is 0 Å². The molecule has 1 saturated heterocycles. The summed E-state index contributed by atoms with van der Waals surface area (Å²) in [7, 11) is 0. The molecule has 0 bridgehead atoms. The third-order valence-electron chi connectivity index (χ3n) is 3.57. The van der Waals surface area contributed by atoms with E-state index >= 15 is 0 Å². The smallest absolute Gasteiger partial charge is 0.0300 e. The van der Waals surface area contributed by atoms with Gasteiger partial charge in [0.2, 0.25) is 0 Å². The van der Waals surface area contributed by atoms with E-state index < -0.39 is 0 Å². The molecule has 2 rings (SSSR count). The van der Waals surface area contributed by atoms with Crippen LogP contribution in [0.3, 0.4) is 0 Å². The minimum Gasteiger partial charge on any atom is -0.313 e. The van der Waals surface area contributed by atoms with Gasteiger partial charge >= 0.3 is 0 Å². The summed E-state index contributed by atoms with van der Waals surface area (Å²) >= 11 is 1.92. The van der Waals surface area contributed by atoms with E-state index in [0.29, 0.717) is 6.04 Å². The van der Waals surface area contributed by atoms with Gasteiger partial charge in [0.25, 0.3) is 0 Å². The summed E-state index contributed by atoms with van der Waals surface area (Å²) in [4.78, 5) is 2.92. The Labute approximate surface area is 109 Å². The predicted octanol–water partition coefficient (Wildman–Crippen LogP) is 2.99. The van der Waals surface area contributed by atoms with Crippen LogP contribution in [0.25, 0.3) is 0 Å². The van der Waals surface area contributed by atoms with E-state index in [-0.39, 0.29) is 0 Å². The van der Waals surface area contributed by atoms with Gasteiger partial charge in [-0.05, 0) is 44.9 Å². The van der Waals surface area contributed by atoms with Crippen molar-refractivity contribution in [2.75, 3.05) is 13.1 Å². The molecule has 1 aliphatic heterocycles. The van der Waals surface area contributed by atoms with E-state index in [2.05, 4.69) is 30.5 Å². The van der Waals surface area contributed by atoms with Crippen molar-refractivity contribution >= 4 is 11.3 Å². The first kappa shape index (κ1) is 13.1. The van der Waals surface area contributed by atoms with Crippen LogP contribution < -0.4 is 10.6 Å². The maximum atomic E-state index is 3.63. The van der Waals surface area contributed by atoms with E-state index in [0.717, 1.165) is 13.1 Å². The molecule has 1 aliphatic rings. The van der Waals surface area contributed by atoms with Gasteiger partial charge < -0.3 is 10.6 Å². The van der Waals surface area contributed by atoms with Gasteiger partial charge in [0, 0.05) is 28.9 Å². The summed E-state index contributed by atoms with van der Waals surface area (Å²) < 4.78 is 0. The van der Waals surface area contributed by atoms with Crippen molar-refractivity contribution < 1.29 is 0 Å². The summed E-state index contributed by atoms with van der Waals surface area (Å²) in [5.41, 5.74) is 1.43. The molecule has 0 saturated carbocycles. The van der Waals surface area contributed by atoms with Crippen LogP contribution in [-0.4, -0.2) is 19.1 Å². The van der Waals surface area contributed by atoms with Crippen LogP contribution in [-0.2, 0) is 6.54 Å². The third-order valence-corrected chi connectivity index (χ3v) is 4.72. The van der Waals surface area contributed by atoms with Gasteiger partial charge in [-0.25, -0.2) is 0 Å². The highest BCUT2D eigenvalue weighted by Gasteiger charge is 2.10. The Kier molecular flexibility index (Phi) is 5.01. The van der Waals surface area contributed by atoms with Crippen LogP contribution in [0.15, 0.2) is 6.07 Å². The fourth-order valence-electron chi connectivity index (χ4n) is 2.38. The molecule has 1 atom stereocenters. The fraction of sp³-hybridized carbons (Fsp3) is 0.714. The molecule has 1 fully saturated rings. The Morgan fingerprint density at radius 2 is 2.24 bits per heavy atom. The maximum absolute atomic E-state index is 3.63. The molecule has 0 aromatic carbocycles. The normalized spacial score (nSPS) is 21.4. The Morgan fingerprint density at radius 1 is 1.35 bits per heavy atom. The first-order chi connectivity index (χ1) is 8.25. The number of thiophene rings is 1. The van der Waals surface area contributed by atoms with Crippen LogP contribution in [0, 0.1) is 13.8 Å². The Bertz CT molecular complexity index is 318. The molecule has 0 spiro atoms. The molecule has 0 aliphatic carbocycles. The fourth-order valence-corrected chi connectivity index (χ4v) is 3.40. The number of rotatable bonds is 4. The molecule has 0 amide bonds. The Hall–Kier alpha value is -0.380. The molecule has 1 aromatic rings. The molecule has 0 radical (unpaired) electrons. The average molecular weight is 252 g/mol. The molecule has 2 N–H and O–H groups in total. The Morgan fingerprint density at radius 3 is 3.00 bits per heavy atom. The summed E-state index contributed by atoms with van der Waals surface area (Å²) in [5, 5.41) is 7.21. The number of hydrogen-bond donors (Lipinski definition) is 2. The molecule has 17 heavy (non-hydrogen) atoms. The lowest BCUT2D eigenvalue weighted by molar-refractivity contribution is 0.471. The largest absolute Gasteiger partial charge is 0.313 e. The van der Waals surface area contributed by atoms with Gasteiger partial charge in [-0.1, -0.05) is 12.8 Å². The Balaban J connectivity index is 1.71. The SMILES string of the molecule is Cc1cc(CNCC2CCCCCN2)sc1C. The van der Waals surface area contributed by atoms with Crippen LogP contribution in [0.1, 0.15) is 41.0 Å². The number of nitrogens with one attached hydrogen (secondary N) is 2. The van der Waals surface area contributed by atoms with Crippen LogP contribution in [0.4, 0.5) is 0 Å². The maximum Gasteiger partial charge on any atom is 0.0300 e. The lowest BCUT2D eigenvalue weighted by atomic mass is 10.1. The third kappa shape index (κ3) is 4.09. The lowest BCUT2D eigenvalue weighted by Crippen LogP contribution is -2.37. The highest BCUT2D eigenvalue weighted by atomic mass is 32.1. The zero-order valence-electron chi connectivity index (χ0n) is 11.0. The van der Waals surface area contributed by atoms with Gasteiger partial charge in [0.05, 0.1) is 0 Å². The van der Waals surface area contributed by atoms with Gasteiger partial charge in [-0.2, -0.15) is 0 Å². The molecule has 2 heterocycles. The minimum absolute atomic E-state index is 0.680. The van der Waals surface area contributed by atoms with Gasteiger partial charge in [0.15, 0.2) is 0 Å². The van der Waals surface area contributed by atoms with Crippen molar-refractivity contribution in [3.63, 3.8) is 0 Å². The minimum atomic E-state index is 0.680. The van der Waals surface area contributed by atoms with E-state index in [4.69, 9.17) is 0 Å². The van der Waals surface area contributed by atoms with E-state index in [1.807, 2.05) is 11.3 Å². The quantitative estimate of drug-likeness (QED) is 0.861. The molecule has 96 valence electrons. The van der Waals surface area contributed by atoms with Crippen molar-refractivity contribution in [3.8, 4) is 0 Å². The lowest BCUT2D eigenvalue weighted by Gasteiger charge is -2.15. The standard InChI is InChI=1S/C14H24N2S/c1-11-8-14(17-12(11)2)10-15-9-13-6-4-3-5-7-16-13/h8,13,15-16H,3-7,9-10H2,1-2H3. The number of hydrogen-bond acceptors (Lipinski definition) is 3. The monoisotopic (exact) mass is 252 g/mol. The van der Waals surface area contributed by atoms with Gasteiger partial charge in [-0.15, -0.1) is 11.3 Å². The summed E-state index contributed by atoms with van der Waals surface area (Å²) in [6.07, 6.45) is 5.46. The summed E-state index contributed by atoms with van der Waals surface area (Å²) in [6, 6.07) is 2.99. The average Bonchev–Trinajstić information content (AvgIpc) is 2.55. The zero-order valence-corrected chi connectivity index (χ0v) is 11.8. The molecule has 1 aromatic heterocycles. The molecular formula is C14H24N2S. The van der Waals surface area contributed by atoms with E-state index in [1.165, 1.54) is 47.5 Å². The van der Waals surface area contributed by atoms with Gasteiger partial charge in [0.1, 0.15) is 0 Å². The predicted molar refractivity (Wildman–Crippen MR) is 75.8 cm³/mol. The topological polar surface area (TPSA) is 24.1 Å². The van der Waals surface area contributed by atoms with Crippen molar-refractivity contribution in [3.05, 3.63) is 21.4 Å². The first-order valence-corrected chi connectivity index (χ1v) is 7.57. The first-order valence-electron chi connectivity index (χ1n) is 6.75. The van der Waals surface area contributed by atoms with Crippen LogP contribution >= 0.6 is 11.3 Å². The second-order valence-corrected chi connectivity index (χ2v) is 6.42. The summed E-state index contributed by atoms with van der Waals surface area (Å²) in [5.74, 6) is 0. The summed E-state index contributed by atoms with van der Waals surface area (Å²) in [6.45, 7) is 7.73. The second kappa shape index (κ2) is 6.53. The van der Waals surface area contributed by atoms with Crippen molar-refractivity contribution in [1.29, 1.82) is 0 Å². The number of aryl methyl sites for hydroxylation is 2. The second-order valence-electron chi connectivity index (χ2n) is 5.08. The molecule has 1 unspecified atom stereocenters. The van der Waals surface area contributed by atoms with Crippen molar-refractivity contribution in [2.45, 2.75) is 52.1 Å². The molecular weight excluding hydrogens is 228 g/mol. The van der Waals surface area contributed by atoms with Crippen molar-refractivity contribution in [2.24, 2.45) is 0 Å². The van der Waals surface area contributed by atoms with Crippen LogP contribution in [0.5, 0.6) is 0 Å². The zero-order chi connectivity index (χ0) is 12.1. The van der Waals surface area contributed by atoms with E-state index in [1.54, 1.807) is 0 Å². The highest BCUT2D eigenvalue weighted by molar-refractivity contribution is 7.12. The van der Waals surface area contributed by atoms with E-state index in [9.17, 15) is 0 Å². The molecule has 2 nitrogen and oxygen atoms in total. The van der Waals surface area contributed by atoms with Crippen LogP contribution in [0.2, 0.25) is 0 Å². The highest BCUT2D eigenvalue weighted by Crippen LogP contribution is 2.20. The van der Waals surface area contributed by atoms with Crippen molar-refractivity contribution in [1.82, 2.24) is 10.6 Å². The molecule has 3 heteroatoms.